The number of halogens is 5. The second kappa shape index (κ2) is 5.13. The Bertz CT molecular complexity index is 428. The van der Waals surface area contributed by atoms with Crippen molar-refractivity contribution in [3.8, 4) is 5.75 Å². The zero-order chi connectivity index (χ0) is 14.0. The van der Waals surface area contributed by atoms with Crippen LogP contribution in [0.3, 0.4) is 0 Å². The van der Waals surface area contributed by atoms with Gasteiger partial charge in [-0.05, 0) is 24.3 Å². The molecule has 0 fully saturated rings. The van der Waals surface area contributed by atoms with Crippen molar-refractivity contribution >= 4 is 21.9 Å². The third-order valence-electron chi connectivity index (χ3n) is 1.85. The molecule has 100 valence electrons. The third kappa shape index (κ3) is 3.34. The Hall–Kier alpha value is -1.31. The number of alkyl halides is 5. The Morgan fingerprint density at radius 1 is 1.17 bits per heavy atom. The molecule has 0 bridgehead atoms. The summed E-state index contributed by atoms with van der Waals surface area (Å²) >= 11 is 1.52. The highest BCUT2D eigenvalue weighted by Crippen LogP contribution is 2.40. The number of rotatable bonds is 4. The Morgan fingerprint density at radius 3 is 2.06 bits per heavy atom. The standard InChI is InChI=1S/C10H7BrF4O3/c1-17-8(16)6-2-4-7(5-3-6)18-10(14,15)9(11,12)13/h2-5H,1H3. The molecule has 0 heterocycles. The molecule has 0 aliphatic carbocycles. The first-order chi connectivity index (χ1) is 8.17. The predicted molar refractivity (Wildman–Crippen MR) is 57.2 cm³/mol. The van der Waals surface area contributed by atoms with Crippen LogP contribution < -0.4 is 4.74 Å². The maximum atomic E-state index is 12.8. The number of esters is 1. The van der Waals surface area contributed by atoms with E-state index in [0.29, 0.717) is 0 Å². The second-order valence-electron chi connectivity index (χ2n) is 3.13. The summed E-state index contributed by atoms with van der Waals surface area (Å²) in [6.07, 6.45) is -4.71. The van der Waals surface area contributed by atoms with Crippen molar-refractivity contribution in [1.29, 1.82) is 0 Å². The Morgan fingerprint density at radius 2 is 1.67 bits per heavy atom. The van der Waals surface area contributed by atoms with Crippen molar-refractivity contribution in [3.63, 3.8) is 0 Å². The first kappa shape index (κ1) is 14.7. The minimum atomic E-state index is -4.71. The fourth-order valence-electron chi connectivity index (χ4n) is 0.983. The van der Waals surface area contributed by atoms with E-state index < -0.39 is 22.7 Å². The van der Waals surface area contributed by atoms with E-state index in [-0.39, 0.29) is 5.56 Å². The zero-order valence-corrected chi connectivity index (χ0v) is 10.5. The summed E-state index contributed by atoms with van der Waals surface area (Å²) in [6, 6.07) is 4.14. The molecule has 0 aliphatic rings. The summed E-state index contributed by atoms with van der Waals surface area (Å²) in [5.74, 6) is -1.19. The van der Waals surface area contributed by atoms with Gasteiger partial charge in [-0.15, -0.1) is 0 Å². The molecule has 0 saturated heterocycles. The monoisotopic (exact) mass is 330 g/mol. The SMILES string of the molecule is COC(=O)c1ccc(OC(F)(F)C(F)(F)Br)cc1. The molecule has 0 aromatic heterocycles. The van der Waals surface area contributed by atoms with Crippen molar-refractivity contribution in [1.82, 2.24) is 0 Å². The number of benzene rings is 1. The molecule has 1 aromatic carbocycles. The molecule has 3 nitrogen and oxygen atoms in total. The van der Waals surface area contributed by atoms with Gasteiger partial charge in [-0.3, -0.25) is 0 Å². The van der Waals surface area contributed by atoms with Crippen molar-refractivity contribution in [2.75, 3.05) is 7.11 Å². The topological polar surface area (TPSA) is 35.5 Å². The number of methoxy groups -OCH3 is 1. The van der Waals surface area contributed by atoms with E-state index in [9.17, 15) is 22.4 Å². The minimum Gasteiger partial charge on any atom is -0.465 e. The highest BCUT2D eigenvalue weighted by Gasteiger charge is 2.57. The molecule has 1 aromatic rings. The van der Waals surface area contributed by atoms with Gasteiger partial charge in [-0.25, -0.2) is 4.79 Å². The maximum absolute atomic E-state index is 12.8. The maximum Gasteiger partial charge on any atom is 0.475 e. The van der Waals surface area contributed by atoms with Crippen LogP contribution in [-0.4, -0.2) is 24.0 Å². The van der Waals surface area contributed by atoms with Crippen LogP contribution in [0.15, 0.2) is 24.3 Å². The molecule has 18 heavy (non-hydrogen) atoms. The fraction of sp³-hybridized carbons (Fsp3) is 0.300. The number of hydrogen-bond donors (Lipinski definition) is 0. The highest BCUT2D eigenvalue weighted by atomic mass is 79.9. The Kier molecular flexibility index (Phi) is 4.20. The van der Waals surface area contributed by atoms with Crippen LogP contribution in [0.4, 0.5) is 17.6 Å². The Labute approximate surface area is 108 Å². The van der Waals surface area contributed by atoms with Crippen LogP contribution in [0.25, 0.3) is 0 Å². The molecule has 0 radical (unpaired) electrons. The van der Waals surface area contributed by atoms with Crippen LogP contribution in [0.1, 0.15) is 10.4 Å². The van der Waals surface area contributed by atoms with Crippen LogP contribution in [0, 0.1) is 0 Å². The van der Waals surface area contributed by atoms with Gasteiger partial charge in [0.1, 0.15) is 5.75 Å². The molecule has 1 rings (SSSR count). The summed E-state index contributed by atoms with van der Waals surface area (Å²) < 4.78 is 58.7. The highest BCUT2D eigenvalue weighted by molar-refractivity contribution is 9.10. The molecule has 0 atom stereocenters. The summed E-state index contributed by atoms with van der Waals surface area (Å²) in [5.41, 5.74) is 0.0822. The van der Waals surface area contributed by atoms with E-state index in [4.69, 9.17) is 0 Å². The van der Waals surface area contributed by atoms with Gasteiger partial charge >= 0.3 is 16.9 Å². The smallest absolute Gasteiger partial charge is 0.465 e. The van der Waals surface area contributed by atoms with E-state index >= 15 is 0 Å². The van der Waals surface area contributed by atoms with Crippen LogP contribution in [0.5, 0.6) is 5.75 Å². The van der Waals surface area contributed by atoms with Crippen molar-refractivity contribution < 1.29 is 31.8 Å². The molecule has 0 saturated carbocycles. The number of ether oxygens (including phenoxy) is 2. The lowest BCUT2D eigenvalue weighted by atomic mass is 10.2. The van der Waals surface area contributed by atoms with Gasteiger partial charge in [0.15, 0.2) is 0 Å². The molecule has 0 spiro atoms. The predicted octanol–water partition coefficient (Wildman–Crippen LogP) is 3.43. The average Bonchev–Trinajstić information content (AvgIpc) is 2.27. The fourth-order valence-corrected chi connectivity index (χ4v) is 1.06. The average molecular weight is 331 g/mol. The van der Waals surface area contributed by atoms with E-state index in [1.165, 1.54) is 15.9 Å². The van der Waals surface area contributed by atoms with E-state index in [2.05, 4.69) is 9.47 Å². The number of hydrogen-bond acceptors (Lipinski definition) is 3. The van der Waals surface area contributed by atoms with Gasteiger partial charge < -0.3 is 9.47 Å². The normalized spacial score (nSPS) is 12.1. The quantitative estimate of drug-likeness (QED) is 0.482. The zero-order valence-electron chi connectivity index (χ0n) is 8.92. The van der Waals surface area contributed by atoms with Gasteiger partial charge in [0, 0.05) is 15.9 Å². The van der Waals surface area contributed by atoms with Crippen molar-refractivity contribution in [3.05, 3.63) is 29.8 Å². The van der Waals surface area contributed by atoms with Crippen molar-refractivity contribution in [2.24, 2.45) is 0 Å². The molecule has 8 heteroatoms. The lowest BCUT2D eigenvalue weighted by molar-refractivity contribution is -0.266. The lowest BCUT2D eigenvalue weighted by Crippen LogP contribution is -2.40. The molecule has 0 unspecified atom stereocenters. The van der Waals surface area contributed by atoms with Gasteiger partial charge in [-0.2, -0.15) is 17.6 Å². The van der Waals surface area contributed by atoms with Crippen LogP contribution >= 0.6 is 15.9 Å². The number of carbonyl (C=O) groups excluding carboxylic acids is 1. The molecule has 0 aliphatic heterocycles. The first-order valence-corrected chi connectivity index (χ1v) is 5.28. The molecule has 0 N–H and O–H groups in total. The summed E-state index contributed by atoms with van der Waals surface area (Å²) in [6.45, 7) is 0. The first-order valence-electron chi connectivity index (χ1n) is 4.49. The lowest BCUT2D eigenvalue weighted by Gasteiger charge is -2.21. The minimum absolute atomic E-state index is 0.0822. The molecular weight excluding hydrogens is 324 g/mol. The van der Waals surface area contributed by atoms with E-state index in [1.54, 1.807) is 0 Å². The van der Waals surface area contributed by atoms with Gasteiger partial charge in [0.05, 0.1) is 12.7 Å². The van der Waals surface area contributed by atoms with Crippen molar-refractivity contribution in [2.45, 2.75) is 10.9 Å². The largest absolute Gasteiger partial charge is 0.475 e. The summed E-state index contributed by atoms with van der Waals surface area (Å²) in [7, 11) is 1.15. The molecule has 0 amide bonds. The molecular formula is C10H7BrF4O3. The van der Waals surface area contributed by atoms with Crippen LogP contribution in [-0.2, 0) is 4.74 Å². The van der Waals surface area contributed by atoms with Gasteiger partial charge in [0.2, 0.25) is 0 Å². The van der Waals surface area contributed by atoms with E-state index in [1.807, 2.05) is 0 Å². The third-order valence-corrected chi connectivity index (χ3v) is 2.31. The number of carbonyl (C=O) groups is 1. The van der Waals surface area contributed by atoms with Gasteiger partial charge in [-0.1, -0.05) is 0 Å². The van der Waals surface area contributed by atoms with E-state index in [0.717, 1.165) is 31.4 Å². The Balaban J connectivity index is 2.85. The summed E-state index contributed by atoms with van der Waals surface area (Å²) in [5, 5.41) is 0. The second-order valence-corrected chi connectivity index (χ2v) is 4.13. The van der Waals surface area contributed by atoms with Gasteiger partial charge in [0.25, 0.3) is 0 Å². The summed E-state index contributed by atoms with van der Waals surface area (Å²) in [4.78, 5) is 6.53. The van der Waals surface area contributed by atoms with Crippen LogP contribution in [0.2, 0.25) is 0 Å².